The molecule has 13 heavy (non-hydrogen) atoms. The summed E-state index contributed by atoms with van der Waals surface area (Å²) in [6.45, 7) is 4.87. The third kappa shape index (κ3) is 1.91. The lowest BCUT2D eigenvalue weighted by atomic mass is 10.2. The topological polar surface area (TPSA) is 31.2 Å². The maximum Gasteiger partial charge on any atom is 0.354 e. The number of carbonyl (C=O) groups is 1. The van der Waals surface area contributed by atoms with E-state index in [2.05, 4.69) is 11.7 Å². The Bertz CT molecular complexity index is 302. The molecular formula is C10H15NO2. The maximum absolute atomic E-state index is 11.3. The standard InChI is InChI=1S/C10H15NO2/c1-4-8-6-9(10(12)13-3)11(5-2)7-8/h6-7H,4-5H2,1-3H3. The Balaban J connectivity index is 3.03. The number of carbonyl (C=O) groups excluding carboxylic acids is 1. The largest absolute Gasteiger partial charge is 0.464 e. The van der Waals surface area contributed by atoms with Crippen LogP contribution >= 0.6 is 0 Å². The fourth-order valence-electron chi connectivity index (χ4n) is 1.30. The Labute approximate surface area is 78.3 Å². The van der Waals surface area contributed by atoms with Gasteiger partial charge < -0.3 is 9.30 Å². The van der Waals surface area contributed by atoms with Crippen molar-refractivity contribution < 1.29 is 9.53 Å². The van der Waals surface area contributed by atoms with E-state index in [1.54, 1.807) is 0 Å². The molecule has 0 unspecified atom stereocenters. The highest BCUT2D eigenvalue weighted by Crippen LogP contribution is 2.10. The van der Waals surface area contributed by atoms with Crippen LogP contribution in [0.1, 0.15) is 29.9 Å². The van der Waals surface area contributed by atoms with E-state index in [4.69, 9.17) is 0 Å². The molecule has 0 saturated carbocycles. The number of methoxy groups -OCH3 is 1. The fourth-order valence-corrected chi connectivity index (χ4v) is 1.30. The van der Waals surface area contributed by atoms with E-state index < -0.39 is 0 Å². The second-order valence-corrected chi connectivity index (χ2v) is 2.86. The van der Waals surface area contributed by atoms with Crippen molar-refractivity contribution in [1.82, 2.24) is 4.57 Å². The summed E-state index contributed by atoms with van der Waals surface area (Å²) in [6.07, 6.45) is 2.93. The van der Waals surface area contributed by atoms with Crippen molar-refractivity contribution >= 4 is 5.97 Å². The number of hydrogen-bond acceptors (Lipinski definition) is 2. The molecule has 0 bridgehead atoms. The van der Waals surface area contributed by atoms with Gasteiger partial charge >= 0.3 is 5.97 Å². The van der Waals surface area contributed by atoms with Gasteiger partial charge in [-0.3, -0.25) is 0 Å². The summed E-state index contributed by atoms with van der Waals surface area (Å²) in [5.41, 5.74) is 1.81. The molecule has 72 valence electrons. The molecule has 0 fully saturated rings. The quantitative estimate of drug-likeness (QED) is 0.666. The van der Waals surface area contributed by atoms with Crippen molar-refractivity contribution in [2.45, 2.75) is 26.8 Å². The van der Waals surface area contributed by atoms with Crippen LogP contribution in [0.4, 0.5) is 0 Å². The Morgan fingerprint density at radius 1 is 1.54 bits per heavy atom. The maximum atomic E-state index is 11.3. The van der Waals surface area contributed by atoms with E-state index in [1.165, 1.54) is 12.7 Å². The van der Waals surface area contributed by atoms with Gasteiger partial charge in [-0.15, -0.1) is 0 Å². The molecule has 3 nitrogen and oxygen atoms in total. The zero-order valence-electron chi connectivity index (χ0n) is 8.33. The molecule has 0 aliphatic rings. The lowest BCUT2D eigenvalue weighted by Crippen LogP contribution is -2.08. The van der Waals surface area contributed by atoms with Gasteiger partial charge in [0.25, 0.3) is 0 Å². The number of esters is 1. The molecule has 0 atom stereocenters. The smallest absolute Gasteiger partial charge is 0.354 e. The number of nitrogens with zero attached hydrogens (tertiary/aromatic N) is 1. The molecule has 0 aromatic carbocycles. The number of rotatable bonds is 3. The van der Waals surface area contributed by atoms with Gasteiger partial charge in [-0.05, 0) is 25.0 Å². The second kappa shape index (κ2) is 4.12. The summed E-state index contributed by atoms with van der Waals surface area (Å²) in [7, 11) is 1.40. The van der Waals surface area contributed by atoms with Crippen LogP contribution in [0, 0.1) is 0 Å². The Morgan fingerprint density at radius 3 is 2.69 bits per heavy atom. The number of aryl methyl sites for hydroxylation is 2. The average molecular weight is 181 g/mol. The summed E-state index contributed by atoms with van der Waals surface area (Å²) in [5, 5.41) is 0. The molecule has 1 rings (SSSR count). The van der Waals surface area contributed by atoms with Crippen molar-refractivity contribution in [3.8, 4) is 0 Å². The van der Waals surface area contributed by atoms with Crippen LogP contribution in [0.15, 0.2) is 12.3 Å². The lowest BCUT2D eigenvalue weighted by Gasteiger charge is -2.02. The van der Waals surface area contributed by atoms with Crippen LogP contribution in [0.5, 0.6) is 0 Å². The second-order valence-electron chi connectivity index (χ2n) is 2.86. The molecule has 0 aliphatic heterocycles. The minimum absolute atomic E-state index is 0.262. The number of hydrogen-bond donors (Lipinski definition) is 0. The number of ether oxygens (including phenoxy) is 1. The summed E-state index contributed by atoms with van der Waals surface area (Å²) in [6, 6.07) is 1.88. The molecule has 0 saturated heterocycles. The molecule has 0 N–H and O–H groups in total. The van der Waals surface area contributed by atoms with E-state index in [0.29, 0.717) is 5.69 Å². The minimum Gasteiger partial charge on any atom is -0.464 e. The normalized spacial score (nSPS) is 10.1. The highest BCUT2D eigenvalue weighted by Gasteiger charge is 2.11. The van der Waals surface area contributed by atoms with E-state index >= 15 is 0 Å². The zero-order valence-corrected chi connectivity index (χ0v) is 8.33. The van der Waals surface area contributed by atoms with E-state index in [9.17, 15) is 4.79 Å². The van der Waals surface area contributed by atoms with E-state index in [1.807, 2.05) is 23.8 Å². The van der Waals surface area contributed by atoms with Gasteiger partial charge in [-0.1, -0.05) is 6.92 Å². The van der Waals surface area contributed by atoms with E-state index in [0.717, 1.165) is 13.0 Å². The summed E-state index contributed by atoms with van der Waals surface area (Å²) < 4.78 is 6.58. The van der Waals surface area contributed by atoms with Gasteiger partial charge in [0.1, 0.15) is 5.69 Å². The summed E-state index contributed by atoms with van der Waals surface area (Å²) >= 11 is 0. The third-order valence-electron chi connectivity index (χ3n) is 2.10. The van der Waals surface area contributed by atoms with Crippen molar-refractivity contribution in [3.63, 3.8) is 0 Å². The van der Waals surface area contributed by atoms with Gasteiger partial charge in [0.15, 0.2) is 0 Å². The number of aromatic nitrogens is 1. The Hall–Kier alpha value is -1.25. The molecule has 3 heteroatoms. The van der Waals surface area contributed by atoms with Crippen molar-refractivity contribution in [2.75, 3.05) is 7.11 Å². The monoisotopic (exact) mass is 181 g/mol. The SMILES string of the molecule is CCc1cc(C(=O)OC)n(CC)c1. The molecule has 0 aliphatic carbocycles. The fraction of sp³-hybridized carbons (Fsp3) is 0.500. The van der Waals surface area contributed by atoms with Crippen LogP contribution in [0.25, 0.3) is 0 Å². The van der Waals surface area contributed by atoms with Gasteiger partial charge in [-0.25, -0.2) is 4.79 Å². The van der Waals surface area contributed by atoms with Crippen LogP contribution in [0.2, 0.25) is 0 Å². The molecule has 1 aromatic heterocycles. The van der Waals surface area contributed by atoms with Crippen LogP contribution in [-0.4, -0.2) is 17.6 Å². The predicted octanol–water partition coefficient (Wildman–Crippen LogP) is 1.86. The Kier molecular flexibility index (Phi) is 3.12. The van der Waals surface area contributed by atoms with Crippen LogP contribution in [0.3, 0.4) is 0 Å². The summed E-state index contributed by atoms with van der Waals surface area (Å²) in [4.78, 5) is 11.3. The lowest BCUT2D eigenvalue weighted by molar-refractivity contribution is 0.0588. The van der Waals surface area contributed by atoms with Crippen molar-refractivity contribution in [2.24, 2.45) is 0 Å². The molecule has 1 heterocycles. The van der Waals surface area contributed by atoms with Gasteiger partial charge in [0.2, 0.25) is 0 Å². The third-order valence-corrected chi connectivity index (χ3v) is 2.10. The zero-order chi connectivity index (χ0) is 9.84. The van der Waals surface area contributed by atoms with E-state index in [-0.39, 0.29) is 5.97 Å². The molecule has 1 aromatic rings. The first-order valence-electron chi connectivity index (χ1n) is 4.50. The van der Waals surface area contributed by atoms with Crippen molar-refractivity contribution in [3.05, 3.63) is 23.5 Å². The molecule has 0 spiro atoms. The van der Waals surface area contributed by atoms with Gasteiger partial charge in [0, 0.05) is 12.7 Å². The highest BCUT2D eigenvalue weighted by molar-refractivity contribution is 5.87. The summed E-state index contributed by atoms with van der Waals surface area (Å²) in [5.74, 6) is -0.262. The molecular weight excluding hydrogens is 166 g/mol. The van der Waals surface area contributed by atoms with Crippen LogP contribution in [-0.2, 0) is 17.7 Å². The molecule has 0 radical (unpaired) electrons. The predicted molar refractivity (Wildman–Crippen MR) is 50.8 cm³/mol. The van der Waals surface area contributed by atoms with Gasteiger partial charge in [0.05, 0.1) is 7.11 Å². The van der Waals surface area contributed by atoms with Crippen molar-refractivity contribution in [1.29, 1.82) is 0 Å². The Morgan fingerprint density at radius 2 is 2.23 bits per heavy atom. The average Bonchev–Trinajstić information content (AvgIpc) is 2.59. The highest BCUT2D eigenvalue weighted by atomic mass is 16.5. The first-order valence-corrected chi connectivity index (χ1v) is 4.50. The first kappa shape index (κ1) is 9.84. The molecule has 0 amide bonds. The van der Waals surface area contributed by atoms with Gasteiger partial charge in [-0.2, -0.15) is 0 Å². The first-order chi connectivity index (χ1) is 6.22. The van der Waals surface area contributed by atoms with Crippen LogP contribution < -0.4 is 0 Å². The minimum atomic E-state index is -0.262.